The number of anilines is 2. The number of hydrazine groups is 2. The number of nitro benzene ring substituents is 5. The van der Waals surface area contributed by atoms with Crippen LogP contribution in [0.25, 0.3) is 0 Å². The molecule has 0 atom stereocenters. The molecule has 0 bridgehead atoms. The minimum Gasteiger partial charge on any atom is -0.292 e. The average Bonchev–Trinajstić information content (AvgIpc) is 2.93. The molecule has 210 valence electrons. The van der Waals surface area contributed by atoms with Gasteiger partial charge in [-0.3, -0.25) is 81.9 Å². The Labute approximate surface area is 224 Å². The van der Waals surface area contributed by atoms with Crippen LogP contribution in [-0.4, -0.2) is 36.4 Å². The molecule has 0 aliphatic heterocycles. The molecule has 3 aromatic rings. The van der Waals surface area contributed by atoms with Gasteiger partial charge < -0.3 is 0 Å². The predicted octanol–water partition coefficient (Wildman–Crippen LogP) is 2.74. The van der Waals surface area contributed by atoms with Crippen molar-refractivity contribution in [2.24, 2.45) is 0 Å². The van der Waals surface area contributed by atoms with Gasteiger partial charge in [-0.15, -0.1) is 0 Å². The van der Waals surface area contributed by atoms with Gasteiger partial charge in [0.25, 0.3) is 28.9 Å². The monoisotopic (exact) mass is 571 g/mol. The highest BCUT2D eigenvalue weighted by Gasteiger charge is 2.25. The second-order valence-electron chi connectivity index (χ2n) is 7.58. The maximum absolute atomic E-state index is 12.9. The minimum absolute atomic E-state index is 0.381. The highest BCUT2D eigenvalue weighted by atomic mass is 16.6. The zero-order valence-corrected chi connectivity index (χ0v) is 19.8. The number of hydrogen-bond acceptors (Lipinski definition) is 14. The highest BCUT2D eigenvalue weighted by Crippen LogP contribution is 2.30. The van der Waals surface area contributed by atoms with Crippen LogP contribution in [0.1, 0.15) is 20.7 Å². The third kappa shape index (κ3) is 6.56. The predicted molar refractivity (Wildman–Crippen MR) is 135 cm³/mol. The first kappa shape index (κ1) is 28.8. The highest BCUT2D eigenvalue weighted by molar-refractivity contribution is 6.08. The molecule has 0 saturated heterocycles. The van der Waals surface area contributed by atoms with E-state index in [1.54, 1.807) is 0 Å². The van der Waals surface area contributed by atoms with Gasteiger partial charge in [0.2, 0.25) is 0 Å². The molecule has 0 fully saturated rings. The SMILES string of the molecule is O=C(NNc1ccc([N+](=O)[O-])cc1[N+](=O)[O-])c1ccc([N+](=O)[O-])cc1C(=O)NNc1ccc([N+](=O)[O-])cc1[N+](=O)[O-]. The molecule has 4 N–H and O–H groups in total. The van der Waals surface area contributed by atoms with Gasteiger partial charge in [-0.05, 0) is 18.2 Å². The molecule has 0 spiro atoms. The lowest BCUT2D eigenvalue weighted by molar-refractivity contribution is -0.393. The van der Waals surface area contributed by atoms with Gasteiger partial charge in [-0.2, -0.15) is 0 Å². The molecule has 0 aromatic heterocycles. The summed E-state index contributed by atoms with van der Waals surface area (Å²) in [4.78, 5) is 76.7. The van der Waals surface area contributed by atoms with Crippen LogP contribution in [0.4, 0.5) is 39.8 Å². The van der Waals surface area contributed by atoms with Crippen molar-refractivity contribution in [2.45, 2.75) is 0 Å². The van der Waals surface area contributed by atoms with Crippen molar-refractivity contribution in [2.75, 3.05) is 10.9 Å². The number of carbonyl (C=O) groups excluding carboxylic acids is 2. The van der Waals surface area contributed by atoms with E-state index < -0.39 is 81.7 Å². The average molecular weight is 571 g/mol. The van der Waals surface area contributed by atoms with E-state index in [0.29, 0.717) is 18.2 Å². The summed E-state index contributed by atoms with van der Waals surface area (Å²) in [6.45, 7) is 0. The molecule has 0 heterocycles. The van der Waals surface area contributed by atoms with E-state index in [4.69, 9.17) is 0 Å². The summed E-state index contributed by atoms with van der Waals surface area (Å²) >= 11 is 0. The van der Waals surface area contributed by atoms with Crippen molar-refractivity contribution < 1.29 is 34.2 Å². The molecular formula is C20H13N9O12. The van der Waals surface area contributed by atoms with Crippen LogP contribution in [0.2, 0.25) is 0 Å². The summed E-state index contributed by atoms with van der Waals surface area (Å²) in [5.41, 5.74) is 2.99. The quantitative estimate of drug-likeness (QED) is 0.190. The third-order valence-electron chi connectivity index (χ3n) is 5.10. The molecule has 2 amide bonds. The Morgan fingerprint density at radius 1 is 0.488 bits per heavy atom. The number of rotatable bonds is 11. The van der Waals surface area contributed by atoms with Crippen LogP contribution < -0.4 is 21.7 Å². The number of non-ortho nitro benzene ring substituents is 3. The second kappa shape index (κ2) is 11.7. The lowest BCUT2D eigenvalue weighted by atomic mass is 10.1. The minimum atomic E-state index is -1.21. The van der Waals surface area contributed by atoms with Crippen LogP contribution in [0.15, 0.2) is 54.6 Å². The van der Waals surface area contributed by atoms with Gasteiger partial charge in [0.05, 0.1) is 47.9 Å². The van der Waals surface area contributed by atoms with Gasteiger partial charge in [0.15, 0.2) is 0 Å². The molecule has 0 unspecified atom stereocenters. The largest absolute Gasteiger partial charge is 0.300 e. The van der Waals surface area contributed by atoms with Crippen molar-refractivity contribution in [3.05, 3.63) is 116 Å². The normalized spacial score (nSPS) is 10.1. The Balaban J connectivity index is 1.88. The van der Waals surface area contributed by atoms with Gasteiger partial charge in [-0.25, -0.2) is 0 Å². The number of nitro groups is 5. The van der Waals surface area contributed by atoms with Crippen LogP contribution >= 0.6 is 0 Å². The Bertz CT molecular complexity index is 1640. The lowest BCUT2D eigenvalue weighted by Crippen LogP contribution is -2.34. The fraction of sp³-hybridized carbons (Fsp3) is 0. The summed E-state index contributed by atoms with van der Waals surface area (Å²) in [5.74, 6) is -2.35. The summed E-state index contributed by atoms with van der Waals surface area (Å²) < 4.78 is 0. The van der Waals surface area contributed by atoms with Crippen molar-refractivity contribution in [1.29, 1.82) is 0 Å². The first-order chi connectivity index (χ1) is 19.3. The molecule has 3 rings (SSSR count). The van der Waals surface area contributed by atoms with Crippen LogP contribution in [0.3, 0.4) is 0 Å². The summed E-state index contributed by atoms with van der Waals surface area (Å²) in [5, 5.41) is 55.6. The van der Waals surface area contributed by atoms with E-state index in [2.05, 4.69) is 10.9 Å². The fourth-order valence-electron chi connectivity index (χ4n) is 3.20. The van der Waals surface area contributed by atoms with Crippen molar-refractivity contribution in [1.82, 2.24) is 10.9 Å². The van der Waals surface area contributed by atoms with E-state index in [-0.39, 0.29) is 5.69 Å². The van der Waals surface area contributed by atoms with Gasteiger partial charge in [0.1, 0.15) is 11.4 Å². The summed E-state index contributed by atoms with van der Waals surface area (Å²) in [6.07, 6.45) is 0. The number of nitrogens with zero attached hydrogens (tertiary/aromatic N) is 5. The molecule has 0 radical (unpaired) electrons. The molecule has 0 aliphatic rings. The Kier molecular flexibility index (Phi) is 8.22. The zero-order valence-electron chi connectivity index (χ0n) is 19.8. The second-order valence-corrected chi connectivity index (χ2v) is 7.58. The molecule has 21 heteroatoms. The van der Waals surface area contributed by atoms with Crippen LogP contribution in [-0.2, 0) is 0 Å². The Morgan fingerprint density at radius 3 is 1.24 bits per heavy atom. The summed E-state index contributed by atoms with van der Waals surface area (Å²) in [6, 6.07) is 7.35. The van der Waals surface area contributed by atoms with E-state index in [0.717, 1.165) is 36.4 Å². The van der Waals surface area contributed by atoms with Crippen molar-refractivity contribution in [3.63, 3.8) is 0 Å². The molecule has 0 saturated carbocycles. The molecule has 21 nitrogen and oxygen atoms in total. The standard InChI is InChI=1S/C20H13N9O12/c30-19(23-21-15-5-2-11(26(34)35)8-17(15)28(38)39)13-4-1-10(25(32)33)7-14(13)20(31)24-22-16-6-3-12(27(36)37)9-18(16)29(40)41/h1-9,21-22H,(H,23,30)(H,24,31). The van der Waals surface area contributed by atoms with E-state index in [9.17, 15) is 60.2 Å². The van der Waals surface area contributed by atoms with Crippen LogP contribution in [0, 0.1) is 50.6 Å². The first-order valence-corrected chi connectivity index (χ1v) is 10.6. The Hall–Kier alpha value is -6.80. The first-order valence-electron chi connectivity index (χ1n) is 10.6. The maximum Gasteiger partial charge on any atom is 0.300 e. The third-order valence-corrected chi connectivity index (χ3v) is 5.10. The van der Waals surface area contributed by atoms with Gasteiger partial charge >= 0.3 is 11.4 Å². The molecule has 0 aliphatic carbocycles. The van der Waals surface area contributed by atoms with Crippen molar-refractivity contribution >= 4 is 51.6 Å². The number of nitrogens with one attached hydrogen (secondary N) is 4. The van der Waals surface area contributed by atoms with Gasteiger partial charge in [-0.1, -0.05) is 0 Å². The zero-order chi connectivity index (χ0) is 30.4. The number of hydrogen-bond donors (Lipinski definition) is 4. The smallest absolute Gasteiger partial charge is 0.292 e. The topological polar surface area (TPSA) is 298 Å². The van der Waals surface area contributed by atoms with Crippen LogP contribution in [0.5, 0.6) is 0 Å². The molecule has 41 heavy (non-hydrogen) atoms. The molecular weight excluding hydrogens is 558 g/mol. The van der Waals surface area contributed by atoms with E-state index >= 15 is 0 Å². The number of benzene rings is 3. The summed E-state index contributed by atoms with van der Waals surface area (Å²) in [7, 11) is 0. The maximum atomic E-state index is 12.9. The fourth-order valence-corrected chi connectivity index (χ4v) is 3.20. The van der Waals surface area contributed by atoms with E-state index in [1.807, 2.05) is 10.9 Å². The molecule has 3 aromatic carbocycles. The van der Waals surface area contributed by atoms with Crippen molar-refractivity contribution in [3.8, 4) is 0 Å². The van der Waals surface area contributed by atoms with E-state index in [1.165, 1.54) is 0 Å². The van der Waals surface area contributed by atoms with Gasteiger partial charge in [0, 0.05) is 24.3 Å². The number of amides is 2. The number of carbonyl (C=O) groups is 2. The lowest BCUT2D eigenvalue weighted by Gasteiger charge is -2.13. The Morgan fingerprint density at radius 2 is 0.854 bits per heavy atom.